The first-order chi connectivity index (χ1) is 13.2. The van der Waals surface area contributed by atoms with E-state index in [2.05, 4.69) is 81.9 Å². The summed E-state index contributed by atoms with van der Waals surface area (Å²) in [7, 11) is 0. The van der Waals surface area contributed by atoms with Crippen LogP contribution in [0.1, 0.15) is 16.7 Å². The van der Waals surface area contributed by atoms with E-state index in [1.807, 2.05) is 6.07 Å². The second-order valence-corrected chi connectivity index (χ2v) is 7.19. The normalized spacial score (nSPS) is 12.4. The van der Waals surface area contributed by atoms with Crippen molar-refractivity contribution < 1.29 is 0 Å². The third kappa shape index (κ3) is 4.17. The van der Waals surface area contributed by atoms with E-state index in [4.69, 9.17) is 0 Å². The molecule has 0 atom stereocenters. The van der Waals surface area contributed by atoms with Crippen LogP contribution < -0.4 is 16.0 Å². The van der Waals surface area contributed by atoms with Gasteiger partial charge in [-0.25, -0.2) is 4.98 Å². The zero-order chi connectivity index (χ0) is 18.6. The van der Waals surface area contributed by atoms with Crippen LogP contribution in [0, 0.1) is 6.92 Å². The molecule has 0 saturated heterocycles. The first-order valence-electron chi connectivity index (χ1n) is 9.17. The van der Waals surface area contributed by atoms with Crippen LogP contribution in [-0.4, -0.2) is 23.1 Å². The van der Waals surface area contributed by atoms with E-state index in [0.717, 1.165) is 42.3 Å². The summed E-state index contributed by atoms with van der Waals surface area (Å²) in [4.78, 5) is 9.68. The van der Waals surface area contributed by atoms with Crippen molar-refractivity contribution in [1.82, 2.24) is 9.97 Å². The number of hydrogen-bond acceptors (Lipinski definition) is 6. The van der Waals surface area contributed by atoms with Crippen LogP contribution in [0.25, 0.3) is 0 Å². The van der Waals surface area contributed by atoms with E-state index in [1.165, 1.54) is 22.4 Å². The maximum atomic E-state index is 4.59. The molecule has 138 valence electrons. The van der Waals surface area contributed by atoms with E-state index in [1.54, 1.807) is 6.20 Å². The average molecular weight is 378 g/mol. The maximum Gasteiger partial charge on any atom is 0.229 e. The molecule has 5 nitrogen and oxygen atoms in total. The molecule has 0 fully saturated rings. The van der Waals surface area contributed by atoms with Crippen LogP contribution in [0.2, 0.25) is 0 Å². The van der Waals surface area contributed by atoms with Crippen molar-refractivity contribution in [2.24, 2.45) is 0 Å². The minimum absolute atomic E-state index is 0.567. The Morgan fingerprint density at radius 3 is 2.96 bits per heavy atom. The largest absolute Gasteiger partial charge is 0.384 e. The zero-order valence-electron chi connectivity index (χ0n) is 15.3. The summed E-state index contributed by atoms with van der Waals surface area (Å²) in [5.74, 6) is 1.31. The van der Waals surface area contributed by atoms with Crippen molar-refractivity contribution in [3.05, 3.63) is 65.4 Å². The average Bonchev–Trinajstić information content (AvgIpc) is 3.13. The number of benzene rings is 2. The summed E-state index contributed by atoms with van der Waals surface area (Å²) < 4.78 is 0. The van der Waals surface area contributed by atoms with Crippen LogP contribution in [-0.2, 0) is 12.8 Å². The van der Waals surface area contributed by atoms with Crippen molar-refractivity contribution in [2.75, 3.05) is 29.0 Å². The molecule has 3 N–H and O–H groups in total. The predicted octanol–water partition coefficient (Wildman–Crippen LogP) is 4.44. The fraction of sp³-hybridized carbons (Fsp3) is 0.238. The van der Waals surface area contributed by atoms with Gasteiger partial charge in [0, 0.05) is 30.7 Å². The van der Waals surface area contributed by atoms with Crippen LogP contribution >= 0.6 is 12.6 Å². The van der Waals surface area contributed by atoms with Gasteiger partial charge in [-0.1, -0.05) is 24.3 Å². The van der Waals surface area contributed by atoms with Gasteiger partial charge < -0.3 is 16.0 Å². The van der Waals surface area contributed by atoms with Crippen LogP contribution in [0.15, 0.2) is 53.6 Å². The Morgan fingerprint density at radius 2 is 2.07 bits per heavy atom. The highest BCUT2D eigenvalue weighted by Crippen LogP contribution is 2.27. The van der Waals surface area contributed by atoms with E-state index in [-0.39, 0.29) is 0 Å². The van der Waals surface area contributed by atoms with Crippen molar-refractivity contribution >= 4 is 35.8 Å². The molecule has 1 aliphatic rings. The minimum atomic E-state index is 0.567. The van der Waals surface area contributed by atoms with Gasteiger partial charge in [-0.3, -0.25) is 0 Å². The maximum absolute atomic E-state index is 4.59. The van der Waals surface area contributed by atoms with Crippen LogP contribution in [0.4, 0.5) is 23.1 Å². The number of nitrogens with one attached hydrogen (secondary N) is 3. The van der Waals surface area contributed by atoms with Gasteiger partial charge in [0.05, 0.1) is 4.90 Å². The third-order valence-corrected chi connectivity index (χ3v) is 5.12. The Labute approximate surface area is 165 Å². The molecular weight excluding hydrogens is 354 g/mol. The summed E-state index contributed by atoms with van der Waals surface area (Å²) in [5, 5.41) is 10.0. The standard InChI is InChI=1S/C21H23N5S/c1-14-4-2-3-5-15(14)8-11-23-20-19(27)13-24-21(26-20)25-17-6-7-18-16(12-17)9-10-22-18/h2-7,12-13,22,27H,8-11H2,1H3,(H2,23,24,25,26). The fourth-order valence-corrected chi connectivity index (χ4v) is 3.47. The summed E-state index contributed by atoms with van der Waals surface area (Å²) in [6.07, 6.45) is 3.71. The van der Waals surface area contributed by atoms with Crippen LogP contribution in [0.3, 0.4) is 0 Å². The Balaban J connectivity index is 1.42. The smallest absolute Gasteiger partial charge is 0.229 e. The monoisotopic (exact) mass is 377 g/mol. The first kappa shape index (κ1) is 17.7. The van der Waals surface area contributed by atoms with E-state index in [0.29, 0.717) is 5.95 Å². The van der Waals surface area contributed by atoms with Gasteiger partial charge in [-0.05, 0) is 54.7 Å². The molecule has 1 aliphatic heterocycles. The molecule has 6 heteroatoms. The van der Waals surface area contributed by atoms with Gasteiger partial charge in [-0.2, -0.15) is 4.98 Å². The fourth-order valence-electron chi connectivity index (χ4n) is 3.28. The number of rotatable bonds is 6. The lowest BCUT2D eigenvalue weighted by atomic mass is 10.1. The summed E-state index contributed by atoms with van der Waals surface area (Å²) in [6.45, 7) is 3.93. The van der Waals surface area contributed by atoms with E-state index < -0.39 is 0 Å². The van der Waals surface area contributed by atoms with Crippen molar-refractivity contribution in [1.29, 1.82) is 0 Å². The number of aryl methyl sites for hydroxylation is 1. The molecule has 0 aliphatic carbocycles. The predicted molar refractivity (Wildman–Crippen MR) is 115 cm³/mol. The molecule has 0 unspecified atom stereocenters. The van der Waals surface area contributed by atoms with Gasteiger partial charge in [0.15, 0.2) is 0 Å². The van der Waals surface area contributed by atoms with Crippen molar-refractivity contribution in [3.8, 4) is 0 Å². The second kappa shape index (κ2) is 7.88. The van der Waals surface area contributed by atoms with E-state index in [9.17, 15) is 0 Å². The highest BCUT2D eigenvalue weighted by atomic mass is 32.1. The first-order valence-corrected chi connectivity index (χ1v) is 9.62. The SMILES string of the molecule is Cc1ccccc1CCNc1nc(Nc2ccc3c(c2)CCN3)ncc1S. The molecule has 3 aromatic rings. The lowest BCUT2D eigenvalue weighted by Crippen LogP contribution is -2.09. The summed E-state index contributed by atoms with van der Waals surface area (Å²) in [6, 6.07) is 14.7. The highest BCUT2D eigenvalue weighted by Gasteiger charge is 2.11. The topological polar surface area (TPSA) is 61.9 Å². The number of nitrogens with zero attached hydrogens (tertiary/aromatic N) is 2. The second-order valence-electron chi connectivity index (χ2n) is 6.70. The van der Waals surface area contributed by atoms with E-state index >= 15 is 0 Å². The molecule has 0 saturated carbocycles. The molecular formula is C21H23N5S. The molecule has 2 aromatic carbocycles. The number of thiol groups is 1. The lowest BCUT2D eigenvalue weighted by Gasteiger charge is -2.12. The molecule has 2 heterocycles. The molecule has 0 radical (unpaired) electrons. The quantitative estimate of drug-likeness (QED) is 0.479. The Morgan fingerprint density at radius 1 is 1.19 bits per heavy atom. The Bertz CT molecular complexity index is 957. The number of anilines is 4. The van der Waals surface area contributed by atoms with Gasteiger partial charge in [0.2, 0.25) is 5.95 Å². The lowest BCUT2D eigenvalue weighted by molar-refractivity contribution is 0.975. The Hall–Kier alpha value is -2.73. The minimum Gasteiger partial charge on any atom is -0.384 e. The molecule has 0 amide bonds. The van der Waals surface area contributed by atoms with Crippen molar-refractivity contribution in [2.45, 2.75) is 24.7 Å². The molecule has 4 rings (SSSR count). The highest BCUT2D eigenvalue weighted by molar-refractivity contribution is 7.80. The Kier molecular flexibility index (Phi) is 5.16. The number of fused-ring (bicyclic) bond motifs is 1. The molecule has 0 bridgehead atoms. The van der Waals surface area contributed by atoms with Gasteiger partial charge in [0.1, 0.15) is 5.82 Å². The molecule has 1 aromatic heterocycles. The third-order valence-electron chi connectivity index (χ3n) is 4.79. The zero-order valence-corrected chi connectivity index (χ0v) is 16.2. The molecule has 27 heavy (non-hydrogen) atoms. The van der Waals surface area contributed by atoms with Gasteiger partial charge in [0.25, 0.3) is 0 Å². The van der Waals surface area contributed by atoms with Gasteiger partial charge >= 0.3 is 0 Å². The number of aromatic nitrogens is 2. The van der Waals surface area contributed by atoms with Crippen LogP contribution in [0.5, 0.6) is 0 Å². The number of hydrogen-bond donors (Lipinski definition) is 4. The summed E-state index contributed by atoms with van der Waals surface area (Å²) >= 11 is 4.48. The van der Waals surface area contributed by atoms with Gasteiger partial charge in [-0.15, -0.1) is 12.6 Å². The molecule has 0 spiro atoms. The summed E-state index contributed by atoms with van der Waals surface area (Å²) in [5.41, 5.74) is 6.18. The van der Waals surface area contributed by atoms with Crippen molar-refractivity contribution in [3.63, 3.8) is 0 Å².